The quantitative estimate of drug-likeness (QED) is 0.732. The molecule has 76 valence electrons. The lowest BCUT2D eigenvalue weighted by molar-refractivity contribution is 0.120. The number of pyridine rings is 1. The topological polar surface area (TPSA) is 22.1 Å². The lowest BCUT2D eigenvalue weighted by Crippen LogP contribution is -2.24. The van der Waals surface area contributed by atoms with Gasteiger partial charge in [0.2, 0.25) is 0 Å². The first kappa shape index (κ1) is 9.50. The summed E-state index contributed by atoms with van der Waals surface area (Å²) in [5.41, 5.74) is 1.11. The third-order valence-electron chi connectivity index (χ3n) is 2.70. The SMILES string of the molecule is CC(C)c1cc(OC2CCC2)ccn1. The van der Waals surface area contributed by atoms with Gasteiger partial charge in [0, 0.05) is 18.0 Å². The molecule has 1 heterocycles. The van der Waals surface area contributed by atoms with Crippen LogP contribution < -0.4 is 4.74 Å². The number of aromatic nitrogens is 1. The number of rotatable bonds is 3. The van der Waals surface area contributed by atoms with Crippen molar-refractivity contribution < 1.29 is 4.74 Å². The van der Waals surface area contributed by atoms with Gasteiger partial charge in [0.15, 0.2) is 0 Å². The Labute approximate surface area is 85.3 Å². The average Bonchev–Trinajstić information content (AvgIpc) is 2.12. The Morgan fingerprint density at radius 1 is 1.43 bits per heavy atom. The molecule has 0 radical (unpaired) electrons. The molecule has 0 N–H and O–H groups in total. The second-order valence-corrected chi connectivity index (χ2v) is 4.24. The zero-order valence-electron chi connectivity index (χ0n) is 8.86. The van der Waals surface area contributed by atoms with Gasteiger partial charge in [0.25, 0.3) is 0 Å². The van der Waals surface area contributed by atoms with Crippen LogP contribution in [0.1, 0.15) is 44.7 Å². The molecule has 2 nitrogen and oxygen atoms in total. The van der Waals surface area contributed by atoms with Crippen LogP contribution in [0, 0.1) is 0 Å². The molecule has 0 atom stereocenters. The molecule has 0 aliphatic heterocycles. The van der Waals surface area contributed by atoms with Crippen molar-refractivity contribution in [3.63, 3.8) is 0 Å². The Morgan fingerprint density at radius 2 is 2.21 bits per heavy atom. The molecule has 0 saturated heterocycles. The Bertz CT molecular complexity index is 305. The predicted molar refractivity (Wildman–Crippen MR) is 56.6 cm³/mol. The highest BCUT2D eigenvalue weighted by Crippen LogP contribution is 2.26. The highest BCUT2D eigenvalue weighted by Gasteiger charge is 2.19. The standard InChI is InChI=1S/C12H17NO/c1-9(2)12-8-11(6-7-13-12)14-10-4-3-5-10/h6-10H,3-5H2,1-2H3. The molecular weight excluding hydrogens is 174 g/mol. The molecule has 0 spiro atoms. The van der Waals surface area contributed by atoms with Gasteiger partial charge in [0.1, 0.15) is 5.75 Å². The minimum atomic E-state index is 0.456. The maximum atomic E-state index is 5.80. The van der Waals surface area contributed by atoms with E-state index in [4.69, 9.17) is 4.74 Å². The van der Waals surface area contributed by atoms with Gasteiger partial charge in [-0.15, -0.1) is 0 Å². The summed E-state index contributed by atoms with van der Waals surface area (Å²) >= 11 is 0. The van der Waals surface area contributed by atoms with Crippen molar-refractivity contribution in [1.29, 1.82) is 0 Å². The molecule has 0 bridgehead atoms. The zero-order chi connectivity index (χ0) is 9.97. The molecule has 2 heteroatoms. The van der Waals surface area contributed by atoms with Crippen LogP contribution in [0.2, 0.25) is 0 Å². The van der Waals surface area contributed by atoms with Crippen molar-refractivity contribution in [3.8, 4) is 5.75 Å². The van der Waals surface area contributed by atoms with E-state index >= 15 is 0 Å². The monoisotopic (exact) mass is 191 g/mol. The molecule has 14 heavy (non-hydrogen) atoms. The van der Waals surface area contributed by atoms with Crippen LogP contribution in [0.15, 0.2) is 18.3 Å². The molecule has 1 saturated carbocycles. The highest BCUT2D eigenvalue weighted by molar-refractivity contribution is 5.24. The molecule has 0 amide bonds. The lowest BCUT2D eigenvalue weighted by Gasteiger charge is -2.26. The summed E-state index contributed by atoms with van der Waals surface area (Å²) in [6.07, 6.45) is 6.02. The minimum Gasteiger partial charge on any atom is -0.490 e. The Balaban J connectivity index is 2.05. The molecule has 0 aromatic carbocycles. The smallest absolute Gasteiger partial charge is 0.123 e. The normalized spacial score (nSPS) is 16.8. The summed E-state index contributed by atoms with van der Waals surface area (Å²) in [5, 5.41) is 0. The first-order valence-corrected chi connectivity index (χ1v) is 5.38. The first-order valence-electron chi connectivity index (χ1n) is 5.38. The second kappa shape index (κ2) is 3.99. The number of ether oxygens (including phenoxy) is 1. The van der Waals surface area contributed by atoms with Crippen LogP contribution in [0.4, 0.5) is 0 Å². The summed E-state index contributed by atoms with van der Waals surface area (Å²) in [6.45, 7) is 4.30. The van der Waals surface area contributed by atoms with E-state index < -0.39 is 0 Å². The van der Waals surface area contributed by atoms with E-state index in [1.54, 1.807) is 0 Å². The van der Waals surface area contributed by atoms with Gasteiger partial charge in [0.05, 0.1) is 6.10 Å². The van der Waals surface area contributed by atoms with Crippen molar-refractivity contribution in [2.75, 3.05) is 0 Å². The molecule has 1 fully saturated rings. The van der Waals surface area contributed by atoms with Gasteiger partial charge in [-0.05, 0) is 31.2 Å². The summed E-state index contributed by atoms with van der Waals surface area (Å²) in [7, 11) is 0. The van der Waals surface area contributed by atoms with Crippen molar-refractivity contribution in [3.05, 3.63) is 24.0 Å². The highest BCUT2D eigenvalue weighted by atomic mass is 16.5. The van der Waals surface area contributed by atoms with Crippen molar-refractivity contribution >= 4 is 0 Å². The molecule has 2 rings (SSSR count). The summed E-state index contributed by atoms with van der Waals surface area (Å²) in [5.74, 6) is 1.45. The largest absolute Gasteiger partial charge is 0.490 e. The molecular formula is C12H17NO. The van der Waals surface area contributed by atoms with Crippen LogP contribution in [0.3, 0.4) is 0 Å². The van der Waals surface area contributed by atoms with Gasteiger partial charge in [-0.3, -0.25) is 4.98 Å². The van der Waals surface area contributed by atoms with Crippen LogP contribution >= 0.6 is 0 Å². The lowest BCUT2D eigenvalue weighted by atomic mass is 9.96. The second-order valence-electron chi connectivity index (χ2n) is 4.24. The van der Waals surface area contributed by atoms with E-state index in [0.29, 0.717) is 12.0 Å². The fourth-order valence-electron chi connectivity index (χ4n) is 1.50. The number of hydrogen-bond acceptors (Lipinski definition) is 2. The molecule has 0 unspecified atom stereocenters. The fourth-order valence-corrected chi connectivity index (χ4v) is 1.50. The Hall–Kier alpha value is -1.05. The van der Waals surface area contributed by atoms with Crippen molar-refractivity contribution in [2.45, 2.75) is 45.1 Å². The van der Waals surface area contributed by atoms with E-state index in [2.05, 4.69) is 24.9 Å². The third kappa shape index (κ3) is 2.06. The summed E-state index contributed by atoms with van der Waals surface area (Å²) in [4.78, 5) is 4.31. The summed E-state index contributed by atoms with van der Waals surface area (Å²) in [6, 6.07) is 4.01. The van der Waals surface area contributed by atoms with Crippen LogP contribution in [0.25, 0.3) is 0 Å². The van der Waals surface area contributed by atoms with Crippen molar-refractivity contribution in [1.82, 2.24) is 4.98 Å². The van der Waals surface area contributed by atoms with Gasteiger partial charge in [-0.25, -0.2) is 0 Å². The van der Waals surface area contributed by atoms with E-state index in [-0.39, 0.29) is 0 Å². The zero-order valence-corrected chi connectivity index (χ0v) is 8.86. The van der Waals surface area contributed by atoms with Gasteiger partial charge < -0.3 is 4.74 Å². The maximum Gasteiger partial charge on any atom is 0.123 e. The van der Waals surface area contributed by atoms with E-state index in [1.807, 2.05) is 12.3 Å². The fraction of sp³-hybridized carbons (Fsp3) is 0.583. The maximum absolute atomic E-state index is 5.80. The molecule has 1 aromatic heterocycles. The first-order chi connectivity index (χ1) is 6.75. The van der Waals surface area contributed by atoms with Gasteiger partial charge in [-0.1, -0.05) is 13.8 Å². The number of hydrogen-bond donors (Lipinski definition) is 0. The predicted octanol–water partition coefficient (Wildman–Crippen LogP) is 3.14. The van der Waals surface area contributed by atoms with E-state index in [9.17, 15) is 0 Å². The van der Waals surface area contributed by atoms with Gasteiger partial charge in [-0.2, -0.15) is 0 Å². The molecule has 1 aliphatic rings. The van der Waals surface area contributed by atoms with Gasteiger partial charge >= 0.3 is 0 Å². The third-order valence-corrected chi connectivity index (χ3v) is 2.70. The Kier molecular flexibility index (Phi) is 2.71. The summed E-state index contributed by atoms with van der Waals surface area (Å²) < 4.78 is 5.80. The number of nitrogens with zero attached hydrogens (tertiary/aromatic N) is 1. The molecule has 1 aromatic rings. The minimum absolute atomic E-state index is 0.456. The van der Waals surface area contributed by atoms with E-state index in [1.165, 1.54) is 19.3 Å². The average molecular weight is 191 g/mol. The van der Waals surface area contributed by atoms with Crippen LogP contribution in [0.5, 0.6) is 5.75 Å². The van der Waals surface area contributed by atoms with E-state index in [0.717, 1.165) is 11.4 Å². The van der Waals surface area contributed by atoms with Crippen molar-refractivity contribution in [2.24, 2.45) is 0 Å². The molecule has 1 aliphatic carbocycles. The van der Waals surface area contributed by atoms with Crippen LogP contribution in [-0.4, -0.2) is 11.1 Å². The Morgan fingerprint density at radius 3 is 2.79 bits per heavy atom. The van der Waals surface area contributed by atoms with Crippen LogP contribution in [-0.2, 0) is 0 Å².